The lowest BCUT2D eigenvalue weighted by Crippen LogP contribution is -2.11. The highest BCUT2D eigenvalue weighted by Crippen LogP contribution is 2.31. The lowest BCUT2D eigenvalue weighted by atomic mass is 9.87. The monoisotopic (exact) mass is 270 g/mol. The molecular formula is C13H19BrO. The predicted octanol–water partition coefficient (Wildman–Crippen LogP) is 4.53. The third-order valence-electron chi connectivity index (χ3n) is 2.16. The summed E-state index contributed by atoms with van der Waals surface area (Å²) in [6.45, 7) is 10.7. The molecule has 2 heteroatoms. The number of ether oxygens (including phenoxy) is 1. The van der Waals surface area contributed by atoms with Gasteiger partial charge in [0.1, 0.15) is 5.75 Å². The van der Waals surface area contributed by atoms with E-state index in [1.54, 1.807) is 0 Å². The Morgan fingerprint density at radius 3 is 2.20 bits per heavy atom. The Kier molecular flexibility index (Phi) is 3.82. The maximum absolute atomic E-state index is 5.67. The first-order chi connectivity index (χ1) is 6.80. The molecule has 0 aliphatic carbocycles. The summed E-state index contributed by atoms with van der Waals surface area (Å²) in [7, 11) is 0. The van der Waals surface area contributed by atoms with Crippen LogP contribution in [0.4, 0.5) is 0 Å². The third kappa shape index (κ3) is 3.53. The summed E-state index contributed by atoms with van der Waals surface area (Å²) >= 11 is 3.54. The Morgan fingerprint density at radius 1 is 1.20 bits per heavy atom. The molecule has 0 aliphatic rings. The Balaban J connectivity index is 2.98. The van der Waals surface area contributed by atoms with Gasteiger partial charge in [-0.2, -0.15) is 0 Å². The molecule has 1 aromatic carbocycles. The van der Waals surface area contributed by atoms with Crippen molar-refractivity contribution in [3.05, 3.63) is 28.2 Å². The van der Waals surface area contributed by atoms with Gasteiger partial charge in [0.2, 0.25) is 0 Å². The van der Waals surface area contributed by atoms with Gasteiger partial charge in [-0.05, 0) is 52.9 Å². The lowest BCUT2D eigenvalue weighted by Gasteiger charge is -2.20. The minimum Gasteiger partial charge on any atom is -0.490 e. The van der Waals surface area contributed by atoms with Crippen molar-refractivity contribution in [3.8, 4) is 5.75 Å². The fourth-order valence-corrected chi connectivity index (χ4v) is 1.79. The molecule has 0 bridgehead atoms. The van der Waals surface area contributed by atoms with Crippen LogP contribution in [-0.2, 0) is 5.41 Å². The molecule has 15 heavy (non-hydrogen) atoms. The molecule has 0 atom stereocenters. The molecule has 0 aliphatic heterocycles. The van der Waals surface area contributed by atoms with Gasteiger partial charge in [0.15, 0.2) is 0 Å². The highest BCUT2D eigenvalue weighted by Gasteiger charge is 2.15. The molecule has 0 unspecified atom stereocenters. The van der Waals surface area contributed by atoms with E-state index >= 15 is 0 Å². The second-order valence-corrected chi connectivity index (χ2v) is 5.92. The zero-order valence-corrected chi connectivity index (χ0v) is 11.7. The first kappa shape index (κ1) is 12.6. The average molecular weight is 271 g/mol. The highest BCUT2D eigenvalue weighted by molar-refractivity contribution is 9.10. The van der Waals surface area contributed by atoms with E-state index < -0.39 is 0 Å². The van der Waals surface area contributed by atoms with Crippen molar-refractivity contribution < 1.29 is 4.74 Å². The summed E-state index contributed by atoms with van der Waals surface area (Å²) in [6, 6.07) is 6.30. The van der Waals surface area contributed by atoms with Crippen molar-refractivity contribution in [2.45, 2.75) is 46.1 Å². The number of hydrogen-bond acceptors (Lipinski definition) is 1. The molecule has 0 fully saturated rings. The zero-order valence-electron chi connectivity index (χ0n) is 10.1. The molecule has 0 spiro atoms. The van der Waals surface area contributed by atoms with Gasteiger partial charge in [0, 0.05) is 0 Å². The molecule has 0 amide bonds. The van der Waals surface area contributed by atoms with E-state index in [0.717, 1.165) is 10.2 Å². The van der Waals surface area contributed by atoms with Crippen LogP contribution in [0.25, 0.3) is 0 Å². The number of hydrogen-bond donors (Lipinski definition) is 0. The summed E-state index contributed by atoms with van der Waals surface area (Å²) in [4.78, 5) is 0. The molecule has 0 radical (unpaired) electrons. The summed E-state index contributed by atoms with van der Waals surface area (Å²) in [5.41, 5.74) is 1.49. The average Bonchev–Trinajstić information content (AvgIpc) is 2.05. The predicted molar refractivity (Wildman–Crippen MR) is 68.6 cm³/mol. The van der Waals surface area contributed by atoms with Crippen molar-refractivity contribution in [3.63, 3.8) is 0 Å². The SMILES string of the molecule is CC(C)Oc1ccc(C(C)(C)C)cc1Br. The van der Waals surface area contributed by atoms with Crippen molar-refractivity contribution in [1.82, 2.24) is 0 Å². The summed E-state index contributed by atoms with van der Waals surface area (Å²) in [6.07, 6.45) is 0.210. The van der Waals surface area contributed by atoms with Gasteiger partial charge < -0.3 is 4.74 Å². The molecule has 0 heterocycles. The van der Waals surface area contributed by atoms with E-state index in [-0.39, 0.29) is 11.5 Å². The zero-order chi connectivity index (χ0) is 11.6. The van der Waals surface area contributed by atoms with E-state index in [1.807, 2.05) is 19.9 Å². The van der Waals surface area contributed by atoms with Crippen molar-refractivity contribution in [2.24, 2.45) is 0 Å². The van der Waals surface area contributed by atoms with Gasteiger partial charge in [-0.3, -0.25) is 0 Å². The maximum atomic E-state index is 5.67. The Labute approximate surface area is 101 Å². The van der Waals surface area contributed by atoms with Gasteiger partial charge in [0.05, 0.1) is 10.6 Å². The first-order valence-corrected chi connectivity index (χ1v) is 6.06. The molecule has 1 nitrogen and oxygen atoms in total. The van der Waals surface area contributed by atoms with Crippen LogP contribution < -0.4 is 4.74 Å². The quantitative estimate of drug-likeness (QED) is 0.767. The second kappa shape index (κ2) is 4.56. The Morgan fingerprint density at radius 2 is 1.80 bits per heavy atom. The van der Waals surface area contributed by atoms with Crippen LogP contribution in [0.15, 0.2) is 22.7 Å². The normalized spacial score (nSPS) is 11.9. The largest absolute Gasteiger partial charge is 0.490 e. The summed E-state index contributed by atoms with van der Waals surface area (Å²) in [5, 5.41) is 0. The van der Waals surface area contributed by atoms with E-state index in [0.29, 0.717) is 0 Å². The van der Waals surface area contributed by atoms with Crippen LogP contribution in [0.5, 0.6) is 5.75 Å². The minimum absolute atomic E-state index is 0.179. The molecule has 0 aromatic heterocycles. The Hall–Kier alpha value is -0.500. The molecule has 1 aromatic rings. The molecule has 0 N–H and O–H groups in total. The molecular weight excluding hydrogens is 252 g/mol. The fourth-order valence-electron chi connectivity index (χ4n) is 1.32. The van der Waals surface area contributed by atoms with Crippen LogP contribution in [-0.4, -0.2) is 6.10 Å². The van der Waals surface area contributed by atoms with Gasteiger partial charge in [-0.1, -0.05) is 26.8 Å². The van der Waals surface area contributed by atoms with Gasteiger partial charge >= 0.3 is 0 Å². The molecule has 0 saturated carbocycles. The van der Waals surface area contributed by atoms with Crippen LogP contribution in [0.2, 0.25) is 0 Å². The first-order valence-electron chi connectivity index (χ1n) is 5.27. The third-order valence-corrected chi connectivity index (χ3v) is 2.78. The van der Waals surface area contributed by atoms with Crippen LogP contribution in [0.1, 0.15) is 40.2 Å². The van der Waals surface area contributed by atoms with E-state index in [1.165, 1.54) is 5.56 Å². The standard InChI is InChI=1S/C13H19BrO/c1-9(2)15-12-7-6-10(8-11(12)14)13(3,4)5/h6-9H,1-5H3. The van der Waals surface area contributed by atoms with E-state index in [4.69, 9.17) is 4.74 Å². The Bertz CT molecular complexity index is 337. The van der Waals surface area contributed by atoms with Crippen molar-refractivity contribution in [2.75, 3.05) is 0 Å². The van der Waals surface area contributed by atoms with Crippen LogP contribution in [0.3, 0.4) is 0 Å². The molecule has 84 valence electrons. The van der Waals surface area contributed by atoms with Crippen LogP contribution in [0, 0.1) is 0 Å². The molecule has 1 rings (SSSR count). The lowest BCUT2D eigenvalue weighted by molar-refractivity contribution is 0.240. The second-order valence-electron chi connectivity index (χ2n) is 5.06. The number of halogens is 1. The smallest absolute Gasteiger partial charge is 0.133 e. The van der Waals surface area contributed by atoms with E-state index in [9.17, 15) is 0 Å². The minimum atomic E-state index is 0.179. The van der Waals surface area contributed by atoms with Crippen molar-refractivity contribution >= 4 is 15.9 Å². The highest BCUT2D eigenvalue weighted by atomic mass is 79.9. The van der Waals surface area contributed by atoms with E-state index in [2.05, 4.69) is 48.8 Å². The maximum Gasteiger partial charge on any atom is 0.133 e. The van der Waals surface area contributed by atoms with Crippen molar-refractivity contribution in [1.29, 1.82) is 0 Å². The van der Waals surface area contributed by atoms with Gasteiger partial charge in [0.25, 0.3) is 0 Å². The fraction of sp³-hybridized carbons (Fsp3) is 0.538. The topological polar surface area (TPSA) is 9.23 Å². The summed E-state index contributed by atoms with van der Waals surface area (Å²) in [5.74, 6) is 0.915. The number of rotatable bonds is 2. The number of benzene rings is 1. The van der Waals surface area contributed by atoms with Gasteiger partial charge in [-0.15, -0.1) is 0 Å². The van der Waals surface area contributed by atoms with Gasteiger partial charge in [-0.25, -0.2) is 0 Å². The van der Waals surface area contributed by atoms with Crippen LogP contribution >= 0.6 is 15.9 Å². The molecule has 0 saturated heterocycles. The summed E-state index contributed by atoms with van der Waals surface area (Å²) < 4.78 is 6.70.